The quantitative estimate of drug-likeness (QED) is 0.889. The zero-order valence-corrected chi connectivity index (χ0v) is 10.8. The fourth-order valence-corrected chi connectivity index (χ4v) is 2.13. The second kappa shape index (κ2) is 5.21. The highest BCUT2D eigenvalue weighted by Crippen LogP contribution is 2.20. The van der Waals surface area contributed by atoms with Crippen LogP contribution in [-0.2, 0) is 11.2 Å². The average molecular weight is 246 g/mol. The van der Waals surface area contributed by atoms with E-state index in [1.807, 2.05) is 18.2 Å². The Morgan fingerprint density at radius 3 is 2.78 bits per heavy atom. The molecule has 4 heteroatoms. The number of amides is 3. The molecule has 0 saturated carbocycles. The smallest absolute Gasteiger partial charge is 0.294 e. The van der Waals surface area contributed by atoms with E-state index in [0.717, 1.165) is 12.1 Å². The van der Waals surface area contributed by atoms with Crippen molar-refractivity contribution in [2.75, 3.05) is 11.4 Å². The van der Waals surface area contributed by atoms with Crippen LogP contribution < -0.4 is 10.2 Å². The largest absolute Gasteiger partial charge is 0.328 e. The van der Waals surface area contributed by atoms with Crippen molar-refractivity contribution in [1.82, 2.24) is 5.32 Å². The van der Waals surface area contributed by atoms with Crippen LogP contribution in [0.3, 0.4) is 0 Å². The summed E-state index contributed by atoms with van der Waals surface area (Å²) in [6, 6.07) is 7.62. The summed E-state index contributed by atoms with van der Waals surface area (Å²) in [4.78, 5) is 24.5. The van der Waals surface area contributed by atoms with Gasteiger partial charge in [0.05, 0.1) is 0 Å². The summed E-state index contributed by atoms with van der Waals surface area (Å²) in [5.41, 5.74) is 2.07. The van der Waals surface area contributed by atoms with Gasteiger partial charge in [-0.1, -0.05) is 26.0 Å². The number of carbonyl (C=O) groups excluding carboxylic acids is 2. The molecule has 1 aromatic rings. The molecule has 0 spiro atoms. The zero-order valence-electron chi connectivity index (χ0n) is 10.8. The Hall–Kier alpha value is -1.84. The number of rotatable bonds is 3. The Morgan fingerprint density at radius 2 is 2.11 bits per heavy atom. The second-order valence-electron chi connectivity index (χ2n) is 5.02. The molecular weight excluding hydrogens is 228 g/mol. The fraction of sp³-hybridized carbons (Fsp3) is 0.429. The molecule has 18 heavy (non-hydrogen) atoms. The Morgan fingerprint density at radius 1 is 1.33 bits per heavy atom. The van der Waals surface area contributed by atoms with Crippen LogP contribution in [-0.4, -0.2) is 18.5 Å². The van der Waals surface area contributed by atoms with E-state index in [0.29, 0.717) is 18.9 Å². The molecule has 0 bridgehead atoms. The Labute approximate surface area is 107 Å². The number of anilines is 1. The molecule has 4 nitrogen and oxygen atoms in total. The highest BCUT2D eigenvalue weighted by Gasteiger charge is 2.24. The van der Waals surface area contributed by atoms with Crippen LogP contribution in [0.5, 0.6) is 0 Å². The molecule has 1 N–H and O–H groups in total. The third kappa shape index (κ3) is 2.88. The topological polar surface area (TPSA) is 49.4 Å². The minimum absolute atomic E-state index is 0.199. The number of carbonyl (C=O) groups is 2. The lowest BCUT2D eigenvalue weighted by Gasteiger charge is -2.27. The van der Waals surface area contributed by atoms with Gasteiger partial charge in [0.25, 0.3) is 0 Å². The molecule has 96 valence electrons. The molecule has 0 aromatic heterocycles. The van der Waals surface area contributed by atoms with E-state index in [-0.39, 0.29) is 11.9 Å². The summed E-state index contributed by atoms with van der Waals surface area (Å²) in [5, 5.41) is 2.34. The van der Waals surface area contributed by atoms with Crippen molar-refractivity contribution < 1.29 is 9.59 Å². The maximum atomic E-state index is 11.7. The number of hydrogen-bond donors (Lipinski definition) is 1. The molecule has 1 saturated heterocycles. The lowest BCUT2D eigenvalue weighted by atomic mass is 10.0. The van der Waals surface area contributed by atoms with Gasteiger partial charge in [-0.05, 0) is 30.0 Å². The van der Waals surface area contributed by atoms with E-state index < -0.39 is 0 Å². The SMILES string of the molecule is CC(C)Cc1cccc(N2CCC(=O)NC2=O)c1. The van der Waals surface area contributed by atoms with Crippen molar-refractivity contribution in [1.29, 1.82) is 0 Å². The fourth-order valence-electron chi connectivity index (χ4n) is 2.13. The van der Waals surface area contributed by atoms with Crippen molar-refractivity contribution in [2.24, 2.45) is 5.92 Å². The third-order valence-corrected chi connectivity index (χ3v) is 2.92. The number of nitrogens with one attached hydrogen (secondary N) is 1. The highest BCUT2D eigenvalue weighted by molar-refractivity contribution is 6.05. The van der Waals surface area contributed by atoms with Crippen LogP contribution in [0.4, 0.5) is 10.5 Å². The standard InChI is InChI=1S/C14H18N2O2/c1-10(2)8-11-4-3-5-12(9-11)16-7-6-13(17)15-14(16)18/h3-5,9-10H,6-8H2,1-2H3,(H,15,17,18). The predicted octanol–water partition coefficient (Wildman–Crippen LogP) is 2.33. The van der Waals surface area contributed by atoms with Crippen LogP contribution in [0.2, 0.25) is 0 Å². The number of imide groups is 1. The van der Waals surface area contributed by atoms with Crippen molar-refractivity contribution in [3.8, 4) is 0 Å². The first-order chi connectivity index (χ1) is 8.56. The number of urea groups is 1. The molecule has 1 aliphatic heterocycles. The van der Waals surface area contributed by atoms with Crippen LogP contribution in [0, 0.1) is 5.92 Å². The van der Waals surface area contributed by atoms with E-state index in [1.54, 1.807) is 4.90 Å². The van der Waals surface area contributed by atoms with E-state index >= 15 is 0 Å². The van der Waals surface area contributed by atoms with Gasteiger partial charge >= 0.3 is 6.03 Å². The minimum atomic E-state index is -0.326. The lowest BCUT2D eigenvalue weighted by Crippen LogP contribution is -2.49. The number of nitrogens with zero attached hydrogens (tertiary/aromatic N) is 1. The summed E-state index contributed by atoms with van der Waals surface area (Å²) >= 11 is 0. The van der Waals surface area contributed by atoms with Crippen LogP contribution in [0.25, 0.3) is 0 Å². The predicted molar refractivity (Wildman–Crippen MR) is 70.5 cm³/mol. The Bertz CT molecular complexity index is 469. The van der Waals surface area contributed by atoms with Gasteiger partial charge in [0.1, 0.15) is 0 Å². The maximum absolute atomic E-state index is 11.7. The van der Waals surface area contributed by atoms with E-state index in [1.165, 1.54) is 5.56 Å². The van der Waals surface area contributed by atoms with Gasteiger partial charge < -0.3 is 0 Å². The van der Waals surface area contributed by atoms with Crippen molar-refractivity contribution >= 4 is 17.6 Å². The van der Waals surface area contributed by atoms with E-state index in [2.05, 4.69) is 25.2 Å². The first kappa shape index (κ1) is 12.6. The molecule has 0 aliphatic carbocycles. The molecule has 1 heterocycles. The summed E-state index contributed by atoms with van der Waals surface area (Å²) in [6.45, 7) is 4.79. The molecular formula is C14H18N2O2. The molecule has 1 fully saturated rings. The van der Waals surface area contributed by atoms with Crippen molar-refractivity contribution in [3.63, 3.8) is 0 Å². The van der Waals surface area contributed by atoms with Crippen LogP contribution in [0.15, 0.2) is 24.3 Å². The first-order valence-electron chi connectivity index (χ1n) is 6.26. The van der Waals surface area contributed by atoms with E-state index in [9.17, 15) is 9.59 Å². The summed E-state index contributed by atoms with van der Waals surface area (Å²) in [7, 11) is 0. The third-order valence-electron chi connectivity index (χ3n) is 2.92. The molecule has 3 amide bonds. The van der Waals surface area contributed by atoms with Gasteiger partial charge in [-0.2, -0.15) is 0 Å². The highest BCUT2D eigenvalue weighted by atomic mass is 16.2. The van der Waals surface area contributed by atoms with Crippen LogP contribution >= 0.6 is 0 Å². The molecule has 0 unspecified atom stereocenters. The Kier molecular flexibility index (Phi) is 3.65. The average Bonchev–Trinajstić information content (AvgIpc) is 2.28. The van der Waals surface area contributed by atoms with Gasteiger partial charge in [0.2, 0.25) is 5.91 Å². The molecule has 0 atom stereocenters. The van der Waals surface area contributed by atoms with Crippen LogP contribution in [0.1, 0.15) is 25.8 Å². The monoisotopic (exact) mass is 246 g/mol. The van der Waals surface area contributed by atoms with Gasteiger partial charge in [-0.15, -0.1) is 0 Å². The summed E-state index contributed by atoms with van der Waals surface area (Å²) in [6.07, 6.45) is 1.35. The van der Waals surface area contributed by atoms with Crippen molar-refractivity contribution in [2.45, 2.75) is 26.7 Å². The van der Waals surface area contributed by atoms with E-state index in [4.69, 9.17) is 0 Å². The normalized spacial score (nSPS) is 16.1. The molecule has 1 aliphatic rings. The second-order valence-corrected chi connectivity index (χ2v) is 5.02. The number of benzene rings is 1. The van der Waals surface area contributed by atoms with Gasteiger partial charge in [-0.25, -0.2) is 4.79 Å². The molecule has 1 aromatic carbocycles. The summed E-state index contributed by atoms with van der Waals surface area (Å²) < 4.78 is 0. The number of hydrogen-bond acceptors (Lipinski definition) is 2. The first-order valence-corrected chi connectivity index (χ1v) is 6.26. The van der Waals surface area contributed by atoms with Crippen molar-refractivity contribution in [3.05, 3.63) is 29.8 Å². The Balaban J connectivity index is 2.17. The summed E-state index contributed by atoms with van der Waals surface area (Å²) in [5.74, 6) is 0.381. The van der Waals surface area contributed by atoms with Gasteiger partial charge in [0, 0.05) is 18.7 Å². The minimum Gasteiger partial charge on any atom is -0.294 e. The zero-order chi connectivity index (χ0) is 13.1. The van der Waals surface area contributed by atoms with Gasteiger partial charge in [0.15, 0.2) is 0 Å². The lowest BCUT2D eigenvalue weighted by molar-refractivity contribution is -0.120. The maximum Gasteiger partial charge on any atom is 0.328 e. The van der Waals surface area contributed by atoms with Gasteiger partial charge in [-0.3, -0.25) is 15.0 Å². The molecule has 2 rings (SSSR count). The molecule has 0 radical (unpaired) electrons.